The van der Waals surface area contributed by atoms with Crippen LogP contribution in [0.15, 0.2) is 21.7 Å². The Kier molecular flexibility index (Phi) is 4.33. The molecule has 0 aliphatic carbocycles. The van der Waals surface area contributed by atoms with Gasteiger partial charge in [-0.2, -0.15) is 0 Å². The number of aryl methyl sites for hydroxylation is 3. The molecular weight excluding hydrogens is 346 g/mol. The Hall–Kier alpha value is -1.97. The second-order valence-corrected chi connectivity index (χ2v) is 8.49. The van der Waals surface area contributed by atoms with Gasteiger partial charge in [-0.05, 0) is 37.8 Å². The van der Waals surface area contributed by atoms with Crippen LogP contribution < -0.4 is 10.5 Å². The molecule has 0 aliphatic rings. The van der Waals surface area contributed by atoms with Crippen LogP contribution in [0, 0.1) is 20.8 Å². The monoisotopic (exact) mass is 365 g/mol. The van der Waals surface area contributed by atoms with Crippen LogP contribution in [0.1, 0.15) is 17.1 Å². The summed E-state index contributed by atoms with van der Waals surface area (Å²) in [6.45, 7) is 6.49. The van der Waals surface area contributed by atoms with Crippen molar-refractivity contribution in [1.29, 1.82) is 0 Å². The Morgan fingerprint density at radius 1 is 1.29 bits per heavy atom. The predicted molar refractivity (Wildman–Crippen MR) is 95.7 cm³/mol. The van der Waals surface area contributed by atoms with E-state index in [0.29, 0.717) is 22.1 Å². The van der Waals surface area contributed by atoms with E-state index in [1.165, 1.54) is 11.3 Å². The molecule has 0 fully saturated rings. The molecule has 0 saturated carbocycles. The number of hydrogen-bond donors (Lipinski definition) is 2. The van der Waals surface area contributed by atoms with E-state index < -0.39 is 10.0 Å². The lowest BCUT2D eigenvalue weighted by Crippen LogP contribution is -2.27. The maximum absolute atomic E-state index is 12.2. The summed E-state index contributed by atoms with van der Waals surface area (Å²) < 4.78 is 29.3. The van der Waals surface area contributed by atoms with Crippen molar-refractivity contribution in [3.63, 3.8) is 0 Å². The Morgan fingerprint density at radius 2 is 2.04 bits per heavy atom. The fraction of sp³-hybridized carbons (Fsp3) is 0.333. The van der Waals surface area contributed by atoms with Crippen molar-refractivity contribution < 1.29 is 8.42 Å². The van der Waals surface area contributed by atoms with Crippen molar-refractivity contribution in [2.45, 2.75) is 31.5 Å². The molecule has 24 heavy (non-hydrogen) atoms. The number of fused-ring (bicyclic) bond motifs is 1. The van der Waals surface area contributed by atoms with Gasteiger partial charge >= 0.3 is 0 Å². The second-order valence-electron chi connectivity index (χ2n) is 5.55. The van der Waals surface area contributed by atoms with Gasteiger partial charge in [0.05, 0.1) is 5.52 Å². The number of hydrogen-bond acceptors (Lipinski definition) is 6. The van der Waals surface area contributed by atoms with E-state index in [-0.39, 0.29) is 6.54 Å². The molecule has 0 aromatic carbocycles. The van der Waals surface area contributed by atoms with E-state index in [2.05, 4.69) is 14.7 Å². The van der Waals surface area contributed by atoms with Gasteiger partial charge < -0.3 is 10.3 Å². The van der Waals surface area contributed by atoms with Gasteiger partial charge in [-0.1, -0.05) is 6.07 Å². The molecule has 3 aromatic heterocycles. The third-order valence-electron chi connectivity index (χ3n) is 3.97. The van der Waals surface area contributed by atoms with Crippen LogP contribution in [-0.2, 0) is 16.6 Å². The lowest BCUT2D eigenvalue weighted by Gasteiger charge is -2.11. The van der Waals surface area contributed by atoms with E-state index in [0.717, 1.165) is 22.6 Å². The number of rotatable bonds is 5. The van der Waals surface area contributed by atoms with Crippen molar-refractivity contribution in [3.05, 3.63) is 34.6 Å². The zero-order chi connectivity index (χ0) is 17.5. The van der Waals surface area contributed by atoms with Crippen LogP contribution in [0.5, 0.6) is 0 Å². The Bertz CT molecular complexity index is 991. The van der Waals surface area contributed by atoms with Crippen molar-refractivity contribution in [2.24, 2.45) is 0 Å². The lowest BCUT2D eigenvalue weighted by atomic mass is 10.2. The SMILES string of the molecule is Cc1nc(N)c2nc(C)n(CCNS(=O)(=O)c3cccs3)c2c1C. The van der Waals surface area contributed by atoms with Gasteiger partial charge in [0.2, 0.25) is 10.0 Å². The Labute approximate surface area is 144 Å². The molecule has 0 amide bonds. The molecule has 0 unspecified atom stereocenters. The fourth-order valence-corrected chi connectivity index (χ4v) is 4.72. The summed E-state index contributed by atoms with van der Waals surface area (Å²) in [7, 11) is -3.47. The second kappa shape index (κ2) is 6.15. The quantitative estimate of drug-likeness (QED) is 0.720. The van der Waals surface area contributed by atoms with E-state index in [9.17, 15) is 8.42 Å². The number of imidazole rings is 1. The van der Waals surface area contributed by atoms with Gasteiger partial charge in [-0.25, -0.2) is 23.1 Å². The highest BCUT2D eigenvalue weighted by Crippen LogP contribution is 2.25. The van der Waals surface area contributed by atoms with Gasteiger partial charge in [-0.15, -0.1) is 11.3 Å². The lowest BCUT2D eigenvalue weighted by molar-refractivity contribution is 0.574. The largest absolute Gasteiger partial charge is 0.382 e. The number of nitrogens with one attached hydrogen (secondary N) is 1. The zero-order valence-corrected chi connectivity index (χ0v) is 15.3. The number of anilines is 1. The van der Waals surface area contributed by atoms with Gasteiger partial charge in [0, 0.05) is 18.8 Å². The molecule has 7 nitrogen and oxygen atoms in total. The first kappa shape index (κ1) is 16.9. The highest BCUT2D eigenvalue weighted by atomic mass is 32.2. The number of aromatic nitrogens is 3. The zero-order valence-electron chi connectivity index (χ0n) is 13.7. The van der Waals surface area contributed by atoms with Crippen LogP contribution in [0.2, 0.25) is 0 Å². The fourth-order valence-electron chi connectivity index (χ4n) is 2.67. The van der Waals surface area contributed by atoms with Gasteiger partial charge in [0.25, 0.3) is 0 Å². The van der Waals surface area contributed by atoms with E-state index >= 15 is 0 Å². The molecule has 3 heterocycles. The Morgan fingerprint density at radius 3 is 2.71 bits per heavy atom. The number of nitrogens with zero attached hydrogens (tertiary/aromatic N) is 3. The van der Waals surface area contributed by atoms with Crippen molar-refractivity contribution in [3.8, 4) is 0 Å². The molecule has 0 atom stereocenters. The van der Waals surface area contributed by atoms with Gasteiger partial charge in [0.15, 0.2) is 5.82 Å². The van der Waals surface area contributed by atoms with Crippen molar-refractivity contribution >= 4 is 38.2 Å². The first-order valence-electron chi connectivity index (χ1n) is 7.44. The molecule has 0 bridgehead atoms. The summed E-state index contributed by atoms with van der Waals surface area (Å²) in [5, 5.41) is 1.74. The Balaban J connectivity index is 1.87. The first-order chi connectivity index (χ1) is 11.3. The number of nitrogen functional groups attached to an aromatic ring is 1. The molecule has 9 heteroatoms. The predicted octanol–water partition coefficient (Wildman–Crippen LogP) is 1.98. The average molecular weight is 365 g/mol. The molecule has 0 aliphatic heterocycles. The molecule has 3 N–H and O–H groups in total. The van der Waals surface area contributed by atoms with Crippen LogP contribution in [0.3, 0.4) is 0 Å². The maximum Gasteiger partial charge on any atom is 0.250 e. The molecule has 3 aromatic rings. The first-order valence-corrected chi connectivity index (χ1v) is 9.80. The molecule has 0 radical (unpaired) electrons. The minimum atomic E-state index is -3.47. The third-order valence-corrected chi connectivity index (χ3v) is 6.83. The topological polar surface area (TPSA) is 103 Å². The number of nitrogens with two attached hydrogens (primary N) is 1. The van der Waals surface area contributed by atoms with E-state index in [4.69, 9.17) is 5.73 Å². The summed E-state index contributed by atoms with van der Waals surface area (Å²) in [6.07, 6.45) is 0. The minimum absolute atomic E-state index is 0.271. The molecule has 3 rings (SSSR count). The maximum atomic E-state index is 12.2. The number of sulfonamides is 1. The summed E-state index contributed by atoms with van der Waals surface area (Å²) in [5.41, 5.74) is 9.40. The highest BCUT2D eigenvalue weighted by molar-refractivity contribution is 7.91. The summed E-state index contributed by atoms with van der Waals surface area (Å²) in [4.78, 5) is 8.78. The van der Waals surface area contributed by atoms with E-state index in [1.54, 1.807) is 17.5 Å². The van der Waals surface area contributed by atoms with Crippen molar-refractivity contribution in [2.75, 3.05) is 12.3 Å². The van der Waals surface area contributed by atoms with E-state index in [1.807, 2.05) is 25.3 Å². The smallest absolute Gasteiger partial charge is 0.250 e. The van der Waals surface area contributed by atoms with Crippen LogP contribution in [0.4, 0.5) is 5.82 Å². The number of pyridine rings is 1. The summed E-state index contributed by atoms with van der Waals surface area (Å²) >= 11 is 1.20. The molecule has 0 saturated heterocycles. The highest BCUT2D eigenvalue weighted by Gasteiger charge is 2.17. The number of thiophene rings is 1. The minimum Gasteiger partial charge on any atom is -0.382 e. The van der Waals surface area contributed by atoms with Gasteiger partial charge in [-0.3, -0.25) is 0 Å². The van der Waals surface area contributed by atoms with Crippen LogP contribution >= 0.6 is 11.3 Å². The standard InChI is InChI=1S/C15H19N5O2S2/c1-9-10(2)18-15(16)13-14(9)20(11(3)19-13)7-6-17-24(21,22)12-5-4-8-23-12/h4-5,8,17H,6-7H2,1-3H3,(H2,16,18). The average Bonchev–Trinajstić information content (AvgIpc) is 3.14. The third kappa shape index (κ3) is 2.90. The molecule has 128 valence electrons. The summed E-state index contributed by atoms with van der Waals surface area (Å²) in [6, 6.07) is 3.30. The molecular formula is C15H19N5O2S2. The molecule has 0 spiro atoms. The van der Waals surface area contributed by atoms with Crippen LogP contribution in [0.25, 0.3) is 11.0 Å². The van der Waals surface area contributed by atoms with Crippen LogP contribution in [-0.4, -0.2) is 29.5 Å². The van der Waals surface area contributed by atoms with Crippen molar-refractivity contribution in [1.82, 2.24) is 19.3 Å². The van der Waals surface area contributed by atoms with Gasteiger partial charge in [0.1, 0.15) is 15.6 Å². The normalized spacial score (nSPS) is 12.1. The summed E-state index contributed by atoms with van der Waals surface area (Å²) in [5.74, 6) is 1.18.